The van der Waals surface area contributed by atoms with Crippen LogP contribution < -0.4 is 10.0 Å². The SMILES string of the molecule is CCNCc1ccc(CS(=O)(=O)NCc2cccs2)cc1. The van der Waals surface area contributed by atoms with E-state index >= 15 is 0 Å². The number of benzene rings is 1. The molecule has 6 heteroatoms. The predicted octanol–water partition coefficient (Wildman–Crippen LogP) is 2.48. The molecule has 21 heavy (non-hydrogen) atoms. The second-order valence-electron chi connectivity index (χ2n) is 4.76. The smallest absolute Gasteiger partial charge is 0.216 e. The minimum atomic E-state index is -3.30. The molecule has 0 spiro atoms. The Kier molecular flexibility index (Phi) is 5.93. The van der Waals surface area contributed by atoms with E-state index in [9.17, 15) is 8.42 Å². The normalized spacial score (nSPS) is 11.7. The molecule has 0 aliphatic heterocycles. The summed E-state index contributed by atoms with van der Waals surface area (Å²) in [5.41, 5.74) is 1.96. The monoisotopic (exact) mass is 324 g/mol. The summed E-state index contributed by atoms with van der Waals surface area (Å²) in [6.45, 7) is 4.14. The van der Waals surface area contributed by atoms with Gasteiger partial charge in [-0.05, 0) is 29.1 Å². The van der Waals surface area contributed by atoms with Gasteiger partial charge in [0.1, 0.15) is 0 Å². The van der Waals surface area contributed by atoms with Gasteiger partial charge in [0, 0.05) is 18.0 Å². The molecule has 2 N–H and O–H groups in total. The van der Waals surface area contributed by atoms with E-state index in [2.05, 4.69) is 17.0 Å². The van der Waals surface area contributed by atoms with Gasteiger partial charge in [-0.2, -0.15) is 0 Å². The largest absolute Gasteiger partial charge is 0.313 e. The third kappa shape index (κ3) is 5.59. The number of hydrogen-bond acceptors (Lipinski definition) is 4. The van der Waals surface area contributed by atoms with Crippen LogP contribution in [0, 0.1) is 0 Å². The minimum Gasteiger partial charge on any atom is -0.313 e. The molecule has 1 aromatic heterocycles. The van der Waals surface area contributed by atoms with E-state index in [0.717, 1.165) is 29.1 Å². The summed E-state index contributed by atoms with van der Waals surface area (Å²) in [7, 11) is -3.30. The van der Waals surface area contributed by atoms with Crippen LogP contribution in [0.5, 0.6) is 0 Å². The molecule has 0 aliphatic carbocycles. The highest BCUT2D eigenvalue weighted by Gasteiger charge is 2.11. The summed E-state index contributed by atoms with van der Waals surface area (Å²) in [5, 5.41) is 5.18. The van der Waals surface area contributed by atoms with Crippen LogP contribution in [-0.2, 0) is 28.9 Å². The molecule has 4 nitrogen and oxygen atoms in total. The first kappa shape index (κ1) is 16.2. The van der Waals surface area contributed by atoms with Crippen molar-refractivity contribution in [1.29, 1.82) is 0 Å². The molecule has 0 bridgehead atoms. The van der Waals surface area contributed by atoms with E-state index in [1.165, 1.54) is 0 Å². The number of nitrogens with one attached hydrogen (secondary N) is 2. The maximum atomic E-state index is 12.0. The van der Waals surface area contributed by atoms with Crippen LogP contribution in [0.4, 0.5) is 0 Å². The maximum absolute atomic E-state index is 12.0. The van der Waals surface area contributed by atoms with Crippen molar-refractivity contribution >= 4 is 21.4 Å². The van der Waals surface area contributed by atoms with Crippen molar-refractivity contribution in [1.82, 2.24) is 10.0 Å². The fourth-order valence-electron chi connectivity index (χ4n) is 1.89. The van der Waals surface area contributed by atoms with Gasteiger partial charge >= 0.3 is 0 Å². The van der Waals surface area contributed by atoms with Crippen LogP contribution in [0.15, 0.2) is 41.8 Å². The van der Waals surface area contributed by atoms with Crippen molar-refractivity contribution in [3.8, 4) is 0 Å². The first-order valence-electron chi connectivity index (χ1n) is 6.87. The summed E-state index contributed by atoms with van der Waals surface area (Å²) in [6, 6.07) is 11.5. The lowest BCUT2D eigenvalue weighted by Crippen LogP contribution is -2.24. The summed E-state index contributed by atoms with van der Waals surface area (Å²) in [5.74, 6) is 0.0138. The van der Waals surface area contributed by atoms with Gasteiger partial charge in [0.25, 0.3) is 0 Å². The van der Waals surface area contributed by atoms with Crippen molar-refractivity contribution in [2.75, 3.05) is 6.54 Å². The van der Waals surface area contributed by atoms with Crippen LogP contribution in [-0.4, -0.2) is 15.0 Å². The van der Waals surface area contributed by atoms with Gasteiger partial charge in [0.2, 0.25) is 10.0 Å². The van der Waals surface area contributed by atoms with Gasteiger partial charge in [-0.25, -0.2) is 13.1 Å². The van der Waals surface area contributed by atoms with Gasteiger partial charge in [0.15, 0.2) is 0 Å². The highest BCUT2D eigenvalue weighted by atomic mass is 32.2. The van der Waals surface area contributed by atoms with Crippen LogP contribution >= 0.6 is 11.3 Å². The zero-order valence-electron chi connectivity index (χ0n) is 12.0. The van der Waals surface area contributed by atoms with Crippen molar-refractivity contribution in [3.63, 3.8) is 0 Å². The van der Waals surface area contributed by atoms with Gasteiger partial charge in [0.05, 0.1) is 5.75 Å². The van der Waals surface area contributed by atoms with Gasteiger partial charge in [-0.1, -0.05) is 37.3 Å². The molecule has 0 saturated carbocycles. The molecule has 0 radical (unpaired) electrons. The first-order chi connectivity index (χ1) is 10.1. The molecule has 1 heterocycles. The zero-order valence-corrected chi connectivity index (χ0v) is 13.6. The van der Waals surface area contributed by atoms with E-state index in [1.54, 1.807) is 11.3 Å². The molecular formula is C15H20N2O2S2. The number of sulfonamides is 1. The number of rotatable bonds is 8. The molecule has 0 unspecified atom stereocenters. The molecule has 0 fully saturated rings. The van der Waals surface area contributed by atoms with Gasteiger partial charge in [-0.15, -0.1) is 11.3 Å². The Bertz CT molecular complexity index is 635. The van der Waals surface area contributed by atoms with Crippen LogP contribution in [0.2, 0.25) is 0 Å². The van der Waals surface area contributed by atoms with E-state index < -0.39 is 10.0 Å². The quantitative estimate of drug-likeness (QED) is 0.784. The average molecular weight is 324 g/mol. The Hall–Kier alpha value is -1.21. The lowest BCUT2D eigenvalue weighted by Gasteiger charge is -2.07. The minimum absolute atomic E-state index is 0.0138. The fraction of sp³-hybridized carbons (Fsp3) is 0.333. The first-order valence-corrected chi connectivity index (χ1v) is 9.40. The topological polar surface area (TPSA) is 58.2 Å². The van der Waals surface area contributed by atoms with Crippen LogP contribution in [0.1, 0.15) is 22.9 Å². The Labute approximate surface area is 130 Å². The molecule has 2 aromatic rings. The molecule has 0 saturated heterocycles. The molecule has 2 rings (SSSR count). The van der Waals surface area contributed by atoms with Crippen LogP contribution in [0.3, 0.4) is 0 Å². The zero-order chi connectivity index (χ0) is 15.1. The Morgan fingerprint density at radius 3 is 2.38 bits per heavy atom. The third-order valence-corrected chi connectivity index (χ3v) is 5.18. The van der Waals surface area contributed by atoms with E-state index in [-0.39, 0.29) is 5.75 Å². The van der Waals surface area contributed by atoms with Crippen molar-refractivity contribution in [3.05, 3.63) is 57.8 Å². The van der Waals surface area contributed by atoms with Gasteiger partial charge in [-0.3, -0.25) is 0 Å². The highest BCUT2D eigenvalue weighted by molar-refractivity contribution is 7.88. The molecule has 0 aliphatic rings. The summed E-state index contributed by atoms with van der Waals surface area (Å²) < 4.78 is 26.7. The number of thiophene rings is 1. The van der Waals surface area contributed by atoms with Gasteiger partial charge < -0.3 is 5.32 Å². The molecule has 114 valence electrons. The van der Waals surface area contributed by atoms with E-state index in [0.29, 0.717) is 6.54 Å². The lowest BCUT2D eigenvalue weighted by molar-refractivity contribution is 0.581. The van der Waals surface area contributed by atoms with Crippen molar-refractivity contribution in [2.24, 2.45) is 0 Å². The fourth-order valence-corrected chi connectivity index (χ4v) is 3.73. The standard InChI is InChI=1S/C15H20N2O2S2/c1-2-16-10-13-5-7-14(8-6-13)12-21(18,19)17-11-15-4-3-9-20-15/h3-9,16-17H,2,10-12H2,1H3. The molecular weight excluding hydrogens is 304 g/mol. The average Bonchev–Trinajstić information content (AvgIpc) is 2.98. The van der Waals surface area contributed by atoms with Crippen molar-refractivity contribution < 1.29 is 8.42 Å². The van der Waals surface area contributed by atoms with Crippen LogP contribution in [0.25, 0.3) is 0 Å². The summed E-state index contributed by atoms with van der Waals surface area (Å²) >= 11 is 1.55. The lowest BCUT2D eigenvalue weighted by atomic mass is 10.1. The Morgan fingerprint density at radius 1 is 1.05 bits per heavy atom. The Morgan fingerprint density at radius 2 is 1.76 bits per heavy atom. The summed E-state index contributed by atoms with van der Waals surface area (Å²) in [4.78, 5) is 1.01. The highest BCUT2D eigenvalue weighted by Crippen LogP contribution is 2.11. The summed E-state index contributed by atoms with van der Waals surface area (Å²) in [6.07, 6.45) is 0. The van der Waals surface area contributed by atoms with Crippen molar-refractivity contribution in [2.45, 2.75) is 25.8 Å². The maximum Gasteiger partial charge on any atom is 0.216 e. The second-order valence-corrected chi connectivity index (χ2v) is 7.60. The second kappa shape index (κ2) is 7.70. The predicted molar refractivity (Wildman–Crippen MR) is 87.6 cm³/mol. The molecule has 0 amide bonds. The number of hydrogen-bond donors (Lipinski definition) is 2. The molecule has 1 aromatic carbocycles. The molecule has 0 atom stereocenters. The van der Waals surface area contributed by atoms with E-state index in [4.69, 9.17) is 0 Å². The third-order valence-electron chi connectivity index (χ3n) is 3.01. The van der Waals surface area contributed by atoms with E-state index in [1.807, 2.05) is 41.8 Å². The Balaban J connectivity index is 1.90.